The summed E-state index contributed by atoms with van der Waals surface area (Å²) in [6.45, 7) is -0.814. The SMILES string of the molecule is CNc1cc([N+](=O)[O-])ccc1S(=O)(=O)NCCC(F)(F)F. The summed E-state index contributed by atoms with van der Waals surface area (Å²) in [4.78, 5) is 9.52. The van der Waals surface area contributed by atoms with E-state index in [4.69, 9.17) is 0 Å². The van der Waals surface area contributed by atoms with Crippen LogP contribution < -0.4 is 10.0 Å². The number of sulfonamides is 1. The Morgan fingerprint density at radius 2 is 1.95 bits per heavy atom. The zero-order valence-electron chi connectivity index (χ0n) is 10.8. The van der Waals surface area contributed by atoms with Crippen LogP contribution in [0.3, 0.4) is 0 Å². The van der Waals surface area contributed by atoms with Gasteiger partial charge in [0.25, 0.3) is 5.69 Å². The van der Waals surface area contributed by atoms with E-state index in [1.807, 2.05) is 0 Å². The fourth-order valence-electron chi connectivity index (χ4n) is 1.47. The minimum absolute atomic E-state index is 0.0799. The van der Waals surface area contributed by atoms with Gasteiger partial charge in [-0.05, 0) is 6.07 Å². The third-order valence-corrected chi connectivity index (χ3v) is 3.95. The Hall–Kier alpha value is -1.88. The van der Waals surface area contributed by atoms with Crippen molar-refractivity contribution in [2.45, 2.75) is 17.5 Å². The van der Waals surface area contributed by atoms with E-state index in [2.05, 4.69) is 5.32 Å². The van der Waals surface area contributed by atoms with Crippen LogP contribution >= 0.6 is 0 Å². The Morgan fingerprint density at radius 3 is 2.43 bits per heavy atom. The van der Waals surface area contributed by atoms with Gasteiger partial charge in [-0.2, -0.15) is 13.2 Å². The highest BCUT2D eigenvalue weighted by Crippen LogP contribution is 2.26. The maximum atomic E-state index is 12.0. The molecule has 2 N–H and O–H groups in total. The van der Waals surface area contributed by atoms with Gasteiger partial charge in [0.1, 0.15) is 4.90 Å². The predicted molar refractivity (Wildman–Crippen MR) is 68.5 cm³/mol. The molecule has 0 bridgehead atoms. The Balaban J connectivity index is 3.00. The summed E-state index contributed by atoms with van der Waals surface area (Å²) in [7, 11) is -2.86. The van der Waals surface area contributed by atoms with Crippen molar-refractivity contribution < 1.29 is 26.5 Å². The third kappa shape index (κ3) is 4.86. The smallest absolute Gasteiger partial charge is 0.387 e. The molecule has 0 aliphatic carbocycles. The van der Waals surface area contributed by atoms with E-state index in [1.54, 1.807) is 4.72 Å². The van der Waals surface area contributed by atoms with Crippen molar-refractivity contribution in [2.24, 2.45) is 0 Å². The molecule has 118 valence electrons. The van der Waals surface area contributed by atoms with Crippen molar-refractivity contribution in [3.63, 3.8) is 0 Å². The molecule has 11 heteroatoms. The van der Waals surface area contributed by atoms with E-state index in [1.165, 1.54) is 7.05 Å². The first kappa shape index (κ1) is 17.2. The van der Waals surface area contributed by atoms with Crippen molar-refractivity contribution >= 4 is 21.4 Å². The summed E-state index contributed by atoms with van der Waals surface area (Å²) in [5.41, 5.74) is -0.419. The zero-order chi connectivity index (χ0) is 16.3. The van der Waals surface area contributed by atoms with E-state index in [-0.39, 0.29) is 16.3 Å². The molecule has 0 saturated heterocycles. The number of hydrogen-bond donors (Lipinski definition) is 2. The second-order valence-corrected chi connectivity index (χ2v) is 5.69. The highest BCUT2D eigenvalue weighted by molar-refractivity contribution is 7.89. The predicted octanol–water partition coefficient (Wildman–Crippen LogP) is 1.87. The van der Waals surface area contributed by atoms with Gasteiger partial charge in [-0.1, -0.05) is 0 Å². The minimum atomic E-state index is -4.48. The van der Waals surface area contributed by atoms with Crippen LogP contribution in [0.15, 0.2) is 23.1 Å². The van der Waals surface area contributed by atoms with Crippen molar-refractivity contribution in [2.75, 3.05) is 18.9 Å². The van der Waals surface area contributed by atoms with E-state index >= 15 is 0 Å². The third-order valence-electron chi connectivity index (χ3n) is 2.43. The number of nitro benzene ring substituents is 1. The summed E-state index contributed by atoms with van der Waals surface area (Å²) in [6, 6.07) is 2.90. The highest BCUT2D eigenvalue weighted by atomic mass is 32.2. The maximum absolute atomic E-state index is 12.0. The van der Waals surface area contributed by atoms with Crippen LogP contribution in [0.2, 0.25) is 0 Å². The van der Waals surface area contributed by atoms with Crippen molar-refractivity contribution in [3.05, 3.63) is 28.3 Å². The van der Waals surface area contributed by atoms with Gasteiger partial charge < -0.3 is 5.32 Å². The lowest BCUT2D eigenvalue weighted by molar-refractivity contribution is -0.384. The first-order valence-corrected chi connectivity index (χ1v) is 7.08. The molecular formula is C10H12F3N3O4S. The number of rotatable bonds is 6. The number of non-ortho nitro benzene ring substituents is 1. The molecule has 0 aromatic heterocycles. The number of nitro groups is 1. The first-order chi connectivity index (χ1) is 9.57. The lowest BCUT2D eigenvalue weighted by atomic mass is 10.3. The topological polar surface area (TPSA) is 101 Å². The molecule has 21 heavy (non-hydrogen) atoms. The molecule has 1 rings (SSSR count). The van der Waals surface area contributed by atoms with E-state index in [0.29, 0.717) is 0 Å². The number of nitrogens with zero attached hydrogens (tertiary/aromatic N) is 1. The molecule has 0 spiro atoms. The van der Waals surface area contributed by atoms with Crippen LogP contribution in [0.1, 0.15) is 6.42 Å². The molecule has 0 saturated carbocycles. The molecule has 1 aromatic carbocycles. The van der Waals surface area contributed by atoms with Crippen LogP contribution in [0.25, 0.3) is 0 Å². The second-order valence-electron chi connectivity index (χ2n) is 3.95. The van der Waals surface area contributed by atoms with Crippen LogP contribution in [0.5, 0.6) is 0 Å². The van der Waals surface area contributed by atoms with Gasteiger partial charge in [-0.15, -0.1) is 0 Å². The molecule has 7 nitrogen and oxygen atoms in total. The Kier molecular flexibility index (Phi) is 5.12. The average Bonchev–Trinajstić information content (AvgIpc) is 2.35. The number of anilines is 1. The molecule has 0 radical (unpaired) electrons. The average molecular weight is 327 g/mol. The highest BCUT2D eigenvalue weighted by Gasteiger charge is 2.28. The zero-order valence-corrected chi connectivity index (χ0v) is 11.6. The summed E-state index contributed by atoms with van der Waals surface area (Å²) < 4.78 is 61.6. The number of hydrogen-bond acceptors (Lipinski definition) is 5. The van der Waals surface area contributed by atoms with E-state index in [0.717, 1.165) is 18.2 Å². The fraction of sp³-hybridized carbons (Fsp3) is 0.400. The standard InChI is InChI=1S/C10H12F3N3O4S/c1-14-8-6-7(16(17)18)2-3-9(8)21(19,20)15-5-4-10(11,12)13/h2-3,6,14-15H,4-5H2,1H3. The maximum Gasteiger partial charge on any atom is 0.390 e. The molecule has 0 aliphatic rings. The van der Waals surface area contributed by atoms with Crippen LogP contribution in [-0.2, 0) is 10.0 Å². The van der Waals surface area contributed by atoms with Crippen LogP contribution in [-0.4, -0.2) is 33.1 Å². The molecule has 0 fully saturated rings. The quantitative estimate of drug-likeness (QED) is 0.613. The first-order valence-electron chi connectivity index (χ1n) is 5.59. The summed E-state index contributed by atoms with van der Waals surface area (Å²) in [5, 5.41) is 13.1. The lowest BCUT2D eigenvalue weighted by Crippen LogP contribution is -2.28. The number of nitrogens with one attached hydrogen (secondary N) is 2. The molecule has 0 amide bonds. The monoisotopic (exact) mass is 327 g/mol. The Labute approximate surface area is 118 Å². The van der Waals surface area contributed by atoms with Crippen LogP contribution in [0, 0.1) is 10.1 Å². The molecule has 1 aromatic rings. The van der Waals surface area contributed by atoms with E-state index < -0.39 is 34.1 Å². The Bertz CT molecular complexity index is 631. The lowest BCUT2D eigenvalue weighted by Gasteiger charge is -2.12. The fourth-order valence-corrected chi connectivity index (χ4v) is 2.69. The van der Waals surface area contributed by atoms with E-state index in [9.17, 15) is 31.7 Å². The molecule has 0 aliphatic heterocycles. The van der Waals surface area contributed by atoms with Gasteiger partial charge >= 0.3 is 6.18 Å². The van der Waals surface area contributed by atoms with Gasteiger partial charge in [0.2, 0.25) is 10.0 Å². The number of benzene rings is 1. The Morgan fingerprint density at radius 1 is 1.33 bits per heavy atom. The van der Waals surface area contributed by atoms with Gasteiger partial charge in [-0.25, -0.2) is 13.1 Å². The second kappa shape index (κ2) is 6.26. The van der Waals surface area contributed by atoms with Gasteiger partial charge in [-0.3, -0.25) is 10.1 Å². The van der Waals surface area contributed by atoms with Crippen molar-refractivity contribution in [3.8, 4) is 0 Å². The summed E-state index contributed by atoms with van der Waals surface area (Å²) >= 11 is 0. The van der Waals surface area contributed by atoms with Crippen molar-refractivity contribution in [1.29, 1.82) is 0 Å². The number of alkyl halides is 3. The van der Waals surface area contributed by atoms with Crippen LogP contribution in [0.4, 0.5) is 24.5 Å². The molecular weight excluding hydrogens is 315 g/mol. The summed E-state index contributed by atoms with van der Waals surface area (Å²) in [6.07, 6.45) is -5.79. The molecule has 0 heterocycles. The van der Waals surface area contributed by atoms with Gasteiger partial charge in [0.15, 0.2) is 0 Å². The normalized spacial score (nSPS) is 12.2. The number of halogens is 3. The van der Waals surface area contributed by atoms with Gasteiger partial charge in [0.05, 0.1) is 17.0 Å². The van der Waals surface area contributed by atoms with Gasteiger partial charge in [0, 0.05) is 25.7 Å². The molecule has 0 unspecified atom stereocenters. The summed E-state index contributed by atoms with van der Waals surface area (Å²) in [5.74, 6) is 0. The largest absolute Gasteiger partial charge is 0.390 e. The molecule has 0 atom stereocenters. The van der Waals surface area contributed by atoms with Crippen molar-refractivity contribution in [1.82, 2.24) is 4.72 Å². The minimum Gasteiger partial charge on any atom is -0.387 e.